The van der Waals surface area contributed by atoms with Crippen molar-refractivity contribution in [3.63, 3.8) is 0 Å². The summed E-state index contributed by atoms with van der Waals surface area (Å²) in [5.74, 6) is 1.51. The number of rotatable bonds is 6. The van der Waals surface area contributed by atoms with Crippen molar-refractivity contribution < 1.29 is 19.0 Å². The molecule has 30 heavy (non-hydrogen) atoms. The Labute approximate surface area is 183 Å². The molecule has 2 atom stereocenters. The van der Waals surface area contributed by atoms with Crippen LogP contribution in [-0.2, 0) is 6.61 Å². The van der Waals surface area contributed by atoms with Crippen LogP contribution in [0.2, 0.25) is 0 Å². The Bertz CT molecular complexity index is 837. The molecule has 4 rings (SSSR count). The average Bonchev–Trinajstić information content (AvgIpc) is 3.10. The van der Waals surface area contributed by atoms with E-state index in [1.165, 1.54) is 6.42 Å². The monoisotopic (exact) mass is 432 g/mol. The van der Waals surface area contributed by atoms with Crippen LogP contribution in [0.3, 0.4) is 0 Å². The molecule has 2 aliphatic heterocycles. The van der Waals surface area contributed by atoms with Crippen LogP contribution in [0.1, 0.15) is 35.2 Å². The van der Waals surface area contributed by atoms with Gasteiger partial charge in [0.2, 0.25) is 5.75 Å². The highest BCUT2D eigenvalue weighted by molar-refractivity contribution is 5.95. The van der Waals surface area contributed by atoms with Gasteiger partial charge in [0.05, 0.1) is 14.2 Å². The zero-order valence-corrected chi connectivity index (χ0v) is 18.2. The van der Waals surface area contributed by atoms with Gasteiger partial charge in [-0.15, -0.1) is 12.4 Å². The third kappa shape index (κ3) is 4.82. The van der Waals surface area contributed by atoms with Gasteiger partial charge in [0.25, 0.3) is 5.91 Å². The zero-order valence-electron chi connectivity index (χ0n) is 17.4. The van der Waals surface area contributed by atoms with Crippen molar-refractivity contribution in [2.24, 2.45) is 0 Å². The number of nitrogens with one attached hydrogen (secondary N) is 1. The molecule has 2 saturated heterocycles. The van der Waals surface area contributed by atoms with Gasteiger partial charge in [-0.2, -0.15) is 0 Å². The molecule has 1 amide bonds. The summed E-state index contributed by atoms with van der Waals surface area (Å²) in [7, 11) is 3.15. The molecule has 2 unspecified atom stereocenters. The summed E-state index contributed by atoms with van der Waals surface area (Å²) in [5, 5.41) is 3.61. The average molecular weight is 433 g/mol. The number of hydrogen-bond donors (Lipinski definition) is 1. The van der Waals surface area contributed by atoms with E-state index in [1.54, 1.807) is 26.4 Å². The maximum atomic E-state index is 13.2. The molecule has 0 aromatic heterocycles. The molecule has 2 aromatic carbocycles. The Kier molecular flexibility index (Phi) is 7.45. The van der Waals surface area contributed by atoms with Crippen LogP contribution < -0.4 is 19.5 Å². The van der Waals surface area contributed by atoms with Crippen molar-refractivity contribution >= 4 is 18.3 Å². The molecule has 1 N–H and O–H groups in total. The van der Waals surface area contributed by atoms with E-state index in [2.05, 4.69) is 5.32 Å². The summed E-state index contributed by atoms with van der Waals surface area (Å²) < 4.78 is 17.1. The quantitative estimate of drug-likeness (QED) is 0.754. The molecule has 0 spiro atoms. The van der Waals surface area contributed by atoms with Crippen molar-refractivity contribution in [2.75, 3.05) is 27.3 Å². The van der Waals surface area contributed by atoms with Crippen LogP contribution in [0, 0.1) is 0 Å². The first kappa shape index (κ1) is 22.2. The summed E-state index contributed by atoms with van der Waals surface area (Å²) >= 11 is 0. The lowest BCUT2D eigenvalue weighted by atomic mass is 10.1. The Hall–Kier alpha value is -2.44. The first-order chi connectivity index (χ1) is 14.2. The first-order valence-electron chi connectivity index (χ1n) is 10.2. The Morgan fingerprint density at radius 3 is 2.37 bits per heavy atom. The molecular weight excluding hydrogens is 404 g/mol. The van der Waals surface area contributed by atoms with E-state index < -0.39 is 0 Å². The molecule has 0 saturated carbocycles. The third-order valence-corrected chi connectivity index (χ3v) is 5.74. The molecule has 0 radical (unpaired) electrons. The number of hydrogen-bond acceptors (Lipinski definition) is 5. The fourth-order valence-corrected chi connectivity index (χ4v) is 4.19. The summed E-state index contributed by atoms with van der Waals surface area (Å²) in [6.07, 6.45) is 3.34. The Balaban J connectivity index is 0.00000256. The molecule has 2 aromatic rings. The normalized spacial score (nSPS) is 20.1. The van der Waals surface area contributed by atoms with Gasteiger partial charge in [0.15, 0.2) is 11.5 Å². The number of methoxy groups -OCH3 is 2. The number of likely N-dealkylation sites (tertiary alicyclic amines) is 1. The molecule has 2 bridgehead atoms. The lowest BCUT2D eigenvalue weighted by Gasteiger charge is -2.25. The van der Waals surface area contributed by atoms with E-state index in [0.717, 1.165) is 31.5 Å². The van der Waals surface area contributed by atoms with Crippen molar-refractivity contribution in [1.29, 1.82) is 0 Å². The third-order valence-electron chi connectivity index (χ3n) is 5.74. The number of carbonyl (C=O) groups is 1. The highest BCUT2D eigenvalue weighted by Crippen LogP contribution is 2.39. The van der Waals surface area contributed by atoms with E-state index in [0.29, 0.717) is 41.5 Å². The van der Waals surface area contributed by atoms with Crippen molar-refractivity contribution in [2.45, 2.75) is 38.0 Å². The van der Waals surface area contributed by atoms with Crippen LogP contribution in [0.15, 0.2) is 42.5 Å². The molecular formula is C23H29ClN2O4. The fourth-order valence-electron chi connectivity index (χ4n) is 4.19. The highest BCUT2D eigenvalue weighted by Gasteiger charge is 2.32. The minimum absolute atomic E-state index is 0. The number of fused-ring (bicyclic) bond motifs is 2. The predicted octanol–water partition coefficient (Wildman–Crippen LogP) is 3.67. The lowest BCUT2D eigenvalue weighted by molar-refractivity contribution is 0.0747. The van der Waals surface area contributed by atoms with Crippen LogP contribution in [-0.4, -0.2) is 50.2 Å². The molecule has 2 aliphatic rings. The van der Waals surface area contributed by atoms with E-state index in [1.807, 2.05) is 35.2 Å². The van der Waals surface area contributed by atoms with Crippen LogP contribution in [0.25, 0.3) is 0 Å². The molecule has 2 fully saturated rings. The second-order valence-electron chi connectivity index (χ2n) is 7.66. The maximum Gasteiger partial charge on any atom is 0.254 e. The lowest BCUT2D eigenvalue weighted by Crippen LogP contribution is -2.39. The largest absolute Gasteiger partial charge is 0.493 e. The predicted molar refractivity (Wildman–Crippen MR) is 118 cm³/mol. The highest BCUT2D eigenvalue weighted by atomic mass is 35.5. The summed E-state index contributed by atoms with van der Waals surface area (Å²) in [6.45, 7) is 1.90. The molecule has 162 valence electrons. The number of nitrogens with zero attached hydrogens (tertiary/aromatic N) is 1. The van der Waals surface area contributed by atoms with Crippen molar-refractivity contribution in [3.8, 4) is 17.2 Å². The standard InChI is InChI=1S/C23H28N2O4.ClH/c1-27-20-12-17(23(26)25-11-10-18-8-9-19(14-25)24-18)13-21(28-2)22(20)29-15-16-6-4-3-5-7-16;/h3-7,12-13,18-19,24H,8-11,14-15H2,1-2H3;1H. The van der Waals surface area contributed by atoms with E-state index in [-0.39, 0.29) is 18.3 Å². The van der Waals surface area contributed by atoms with E-state index in [4.69, 9.17) is 14.2 Å². The SMILES string of the molecule is COc1cc(C(=O)N2CCC3CCC(C2)N3)cc(OC)c1OCc1ccccc1.Cl. The van der Waals surface area contributed by atoms with Crippen molar-refractivity contribution in [1.82, 2.24) is 10.2 Å². The second-order valence-corrected chi connectivity index (χ2v) is 7.66. The second kappa shape index (κ2) is 10.0. The minimum atomic E-state index is 0. The minimum Gasteiger partial charge on any atom is -0.493 e. The van der Waals surface area contributed by atoms with Gasteiger partial charge in [0, 0.05) is 30.7 Å². The van der Waals surface area contributed by atoms with Gasteiger partial charge in [-0.05, 0) is 37.0 Å². The molecule has 2 heterocycles. The fraction of sp³-hybridized carbons (Fsp3) is 0.435. The van der Waals surface area contributed by atoms with Gasteiger partial charge < -0.3 is 24.4 Å². The number of amides is 1. The Morgan fingerprint density at radius 2 is 1.70 bits per heavy atom. The number of carbonyl (C=O) groups excluding carboxylic acids is 1. The summed E-state index contributed by atoms with van der Waals surface area (Å²) in [4.78, 5) is 15.1. The first-order valence-corrected chi connectivity index (χ1v) is 10.2. The number of ether oxygens (including phenoxy) is 3. The van der Waals surface area contributed by atoms with Gasteiger partial charge in [-0.1, -0.05) is 30.3 Å². The van der Waals surface area contributed by atoms with Gasteiger partial charge in [-0.25, -0.2) is 0 Å². The van der Waals surface area contributed by atoms with Crippen LogP contribution in [0.5, 0.6) is 17.2 Å². The number of halogens is 1. The molecule has 7 heteroatoms. The van der Waals surface area contributed by atoms with Crippen molar-refractivity contribution in [3.05, 3.63) is 53.6 Å². The number of benzene rings is 2. The van der Waals surface area contributed by atoms with E-state index in [9.17, 15) is 4.79 Å². The Morgan fingerprint density at radius 1 is 1.03 bits per heavy atom. The summed E-state index contributed by atoms with van der Waals surface area (Å²) in [6, 6.07) is 14.3. The summed E-state index contributed by atoms with van der Waals surface area (Å²) in [5.41, 5.74) is 1.60. The smallest absolute Gasteiger partial charge is 0.254 e. The van der Waals surface area contributed by atoms with Gasteiger partial charge in [-0.3, -0.25) is 4.79 Å². The van der Waals surface area contributed by atoms with E-state index >= 15 is 0 Å². The van der Waals surface area contributed by atoms with Crippen LogP contribution in [0.4, 0.5) is 0 Å². The molecule has 0 aliphatic carbocycles. The topological polar surface area (TPSA) is 60.0 Å². The maximum absolute atomic E-state index is 13.2. The van der Waals surface area contributed by atoms with Gasteiger partial charge >= 0.3 is 0 Å². The van der Waals surface area contributed by atoms with Gasteiger partial charge in [0.1, 0.15) is 6.61 Å². The zero-order chi connectivity index (χ0) is 20.2. The van der Waals surface area contributed by atoms with Crippen LogP contribution >= 0.6 is 12.4 Å². The molecule has 6 nitrogen and oxygen atoms in total.